The molecule has 6 nitrogen and oxygen atoms in total. The van der Waals surface area contributed by atoms with Gasteiger partial charge in [-0.15, -0.1) is 0 Å². The fraction of sp³-hybridized carbons (Fsp3) is 0.500. The summed E-state index contributed by atoms with van der Waals surface area (Å²) in [4.78, 5) is 25.9. The number of benzene rings is 1. The van der Waals surface area contributed by atoms with Crippen LogP contribution in [0, 0.1) is 5.92 Å². The van der Waals surface area contributed by atoms with Crippen molar-refractivity contribution in [2.24, 2.45) is 5.92 Å². The van der Waals surface area contributed by atoms with Gasteiger partial charge < -0.3 is 19.7 Å². The predicted molar refractivity (Wildman–Crippen MR) is 79.9 cm³/mol. The lowest BCUT2D eigenvalue weighted by Crippen LogP contribution is -2.55. The molecule has 1 fully saturated rings. The van der Waals surface area contributed by atoms with Crippen LogP contribution in [0.25, 0.3) is 0 Å². The van der Waals surface area contributed by atoms with Gasteiger partial charge in [0, 0.05) is 25.2 Å². The molecule has 2 heterocycles. The number of nitrogens with one attached hydrogen (secondary N) is 1. The Labute approximate surface area is 129 Å². The van der Waals surface area contributed by atoms with Gasteiger partial charge in [0.25, 0.3) is 5.91 Å². The van der Waals surface area contributed by atoms with Crippen LogP contribution >= 0.6 is 0 Å². The van der Waals surface area contributed by atoms with Crippen LogP contribution in [0.4, 0.5) is 0 Å². The zero-order chi connectivity index (χ0) is 15.5. The van der Waals surface area contributed by atoms with E-state index in [0.717, 1.165) is 12.8 Å². The lowest BCUT2D eigenvalue weighted by Gasteiger charge is -2.38. The molecule has 0 radical (unpaired) electrons. The molecule has 0 aliphatic carbocycles. The molecular formula is C16H20N2O4. The third-order valence-electron chi connectivity index (χ3n) is 3.99. The van der Waals surface area contributed by atoms with Crippen LogP contribution in [0.5, 0.6) is 11.5 Å². The van der Waals surface area contributed by atoms with Crippen LogP contribution in [0.1, 0.15) is 30.1 Å². The zero-order valence-corrected chi connectivity index (χ0v) is 12.6. The van der Waals surface area contributed by atoms with Crippen LogP contribution in [-0.2, 0) is 4.79 Å². The van der Waals surface area contributed by atoms with Gasteiger partial charge in [-0.05, 0) is 24.6 Å². The van der Waals surface area contributed by atoms with E-state index in [2.05, 4.69) is 12.2 Å². The number of carbonyl (C=O) groups excluding carboxylic acids is 2. The van der Waals surface area contributed by atoms with Crippen LogP contribution in [0.2, 0.25) is 0 Å². The third kappa shape index (κ3) is 2.86. The molecule has 1 saturated heterocycles. The van der Waals surface area contributed by atoms with Gasteiger partial charge >= 0.3 is 0 Å². The highest BCUT2D eigenvalue weighted by atomic mass is 16.7. The largest absolute Gasteiger partial charge is 0.454 e. The average molecular weight is 304 g/mol. The Morgan fingerprint density at radius 3 is 2.82 bits per heavy atom. The second-order valence-corrected chi connectivity index (χ2v) is 5.62. The molecule has 118 valence electrons. The molecule has 2 amide bonds. The Bertz CT molecular complexity index is 582. The molecule has 0 bridgehead atoms. The first-order valence-corrected chi connectivity index (χ1v) is 7.65. The molecule has 0 aromatic heterocycles. The van der Waals surface area contributed by atoms with Crippen molar-refractivity contribution < 1.29 is 19.1 Å². The molecular weight excluding hydrogens is 284 g/mol. The van der Waals surface area contributed by atoms with Crippen molar-refractivity contribution in [3.8, 4) is 11.5 Å². The number of amides is 2. The summed E-state index contributed by atoms with van der Waals surface area (Å²) in [6, 6.07) is 5.16. The molecule has 2 aliphatic heterocycles. The first-order valence-electron chi connectivity index (χ1n) is 7.65. The second kappa shape index (κ2) is 6.25. The van der Waals surface area contributed by atoms with E-state index < -0.39 is 0 Å². The SMILES string of the molecule is CCCCNC(=O)C1CN(C(=O)c2ccc3c(c2)OCO3)C1. The molecule has 0 atom stereocenters. The number of ether oxygens (including phenoxy) is 2. The highest BCUT2D eigenvalue weighted by molar-refractivity contribution is 5.96. The molecule has 1 aromatic rings. The number of nitrogens with zero attached hydrogens (tertiary/aromatic N) is 1. The van der Waals surface area contributed by atoms with Gasteiger partial charge in [0.15, 0.2) is 11.5 Å². The van der Waals surface area contributed by atoms with Gasteiger partial charge in [-0.2, -0.15) is 0 Å². The maximum absolute atomic E-state index is 12.4. The number of carbonyl (C=O) groups is 2. The fourth-order valence-corrected chi connectivity index (χ4v) is 2.56. The van der Waals surface area contributed by atoms with Crippen molar-refractivity contribution in [2.75, 3.05) is 26.4 Å². The van der Waals surface area contributed by atoms with E-state index in [1.165, 1.54) is 0 Å². The van der Waals surface area contributed by atoms with Crippen LogP contribution < -0.4 is 14.8 Å². The minimum Gasteiger partial charge on any atom is -0.454 e. The Morgan fingerprint density at radius 2 is 2.05 bits per heavy atom. The molecule has 22 heavy (non-hydrogen) atoms. The molecule has 3 rings (SSSR count). The van der Waals surface area contributed by atoms with Crippen LogP contribution in [-0.4, -0.2) is 43.1 Å². The van der Waals surface area contributed by atoms with Crippen LogP contribution in [0.15, 0.2) is 18.2 Å². The summed E-state index contributed by atoms with van der Waals surface area (Å²) in [5, 5.41) is 2.91. The van der Waals surface area contributed by atoms with E-state index in [1.807, 2.05) is 0 Å². The van der Waals surface area contributed by atoms with Gasteiger partial charge in [0.05, 0.1) is 5.92 Å². The van der Waals surface area contributed by atoms with E-state index in [-0.39, 0.29) is 24.5 Å². The third-order valence-corrected chi connectivity index (χ3v) is 3.99. The van der Waals surface area contributed by atoms with E-state index in [4.69, 9.17) is 9.47 Å². The Hall–Kier alpha value is -2.24. The maximum atomic E-state index is 12.4. The normalized spacial score (nSPS) is 16.3. The smallest absolute Gasteiger partial charge is 0.254 e. The molecule has 6 heteroatoms. The molecule has 0 unspecified atom stereocenters. The van der Waals surface area contributed by atoms with Gasteiger partial charge in [0.1, 0.15) is 0 Å². The standard InChI is InChI=1S/C16H20N2O4/c1-2-3-6-17-15(19)12-8-18(9-12)16(20)11-4-5-13-14(7-11)22-10-21-13/h4-5,7,12H,2-3,6,8-10H2,1H3,(H,17,19). The van der Waals surface area contributed by atoms with Crippen molar-refractivity contribution in [2.45, 2.75) is 19.8 Å². The van der Waals surface area contributed by atoms with E-state index in [9.17, 15) is 9.59 Å². The minimum atomic E-state index is -0.0881. The Kier molecular flexibility index (Phi) is 4.18. The van der Waals surface area contributed by atoms with Crippen molar-refractivity contribution >= 4 is 11.8 Å². The molecule has 1 aromatic carbocycles. The van der Waals surface area contributed by atoms with Gasteiger partial charge in [0.2, 0.25) is 12.7 Å². The second-order valence-electron chi connectivity index (χ2n) is 5.62. The van der Waals surface area contributed by atoms with Crippen molar-refractivity contribution in [3.05, 3.63) is 23.8 Å². The number of unbranched alkanes of at least 4 members (excludes halogenated alkanes) is 1. The summed E-state index contributed by atoms with van der Waals surface area (Å²) in [7, 11) is 0. The summed E-state index contributed by atoms with van der Waals surface area (Å²) in [5.41, 5.74) is 0.564. The van der Waals surface area contributed by atoms with Crippen molar-refractivity contribution in [3.63, 3.8) is 0 Å². The minimum absolute atomic E-state index is 0.0446. The predicted octanol–water partition coefficient (Wildman–Crippen LogP) is 1.40. The first kappa shape index (κ1) is 14.7. The number of fused-ring (bicyclic) bond motifs is 1. The van der Waals surface area contributed by atoms with E-state index >= 15 is 0 Å². The summed E-state index contributed by atoms with van der Waals surface area (Å²) >= 11 is 0. The maximum Gasteiger partial charge on any atom is 0.254 e. The van der Waals surface area contributed by atoms with Crippen LogP contribution in [0.3, 0.4) is 0 Å². The Morgan fingerprint density at radius 1 is 1.27 bits per heavy atom. The number of likely N-dealkylation sites (tertiary alicyclic amines) is 1. The highest BCUT2D eigenvalue weighted by Gasteiger charge is 2.36. The van der Waals surface area contributed by atoms with Gasteiger partial charge in [-0.25, -0.2) is 0 Å². The highest BCUT2D eigenvalue weighted by Crippen LogP contribution is 2.33. The summed E-state index contributed by atoms with van der Waals surface area (Å²) in [6.07, 6.45) is 2.04. The summed E-state index contributed by atoms with van der Waals surface area (Å²) < 4.78 is 10.5. The van der Waals surface area contributed by atoms with Crippen molar-refractivity contribution in [1.82, 2.24) is 10.2 Å². The van der Waals surface area contributed by atoms with Crippen molar-refractivity contribution in [1.29, 1.82) is 0 Å². The van der Waals surface area contributed by atoms with Gasteiger partial charge in [-0.1, -0.05) is 13.3 Å². The molecule has 1 N–H and O–H groups in total. The lowest BCUT2D eigenvalue weighted by atomic mass is 9.97. The number of hydrogen-bond donors (Lipinski definition) is 1. The monoisotopic (exact) mass is 304 g/mol. The lowest BCUT2D eigenvalue weighted by molar-refractivity contribution is -0.128. The first-order chi connectivity index (χ1) is 10.7. The van der Waals surface area contributed by atoms with Gasteiger partial charge in [-0.3, -0.25) is 9.59 Å². The number of hydrogen-bond acceptors (Lipinski definition) is 4. The number of rotatable bonds is 5. The summed E-state index contributed by atoms with van der Waals surface area (Å²) in [6.45, 7) is 3.94. The topological polar surface area (TPSA) is 67.9 Å². The summed E-state index contributed by atoms with van der Waals surface area (Å²) in [5.74, 6) is 1.14. The zero-order valence-electron chi connectivity index (χ0n) is 12.6. The molecule has 2 aliphatic rings. The molecule has 0 spiro atoms. The fourth-order valence-electron chi connectivity index (χ4n) is 2.56. The molecule has 0 saturated carbocycles. The van der Waals surface area contributed by atoms with E-state index in [1.54, 1.807) is 23.1 Å². The average Bonchev–Trinajstić information content (AvgIpc) is 2.93. The Balaban J connectivity index is 1.52. The quantitative estimate of drug-likeness (QED) is 0.835. The van der Waals surface area contributed by atoms with E-state index in [0.29, 0.717) is 36.7 Å².